The third-order valence-corrected chi connectivity index (χ3v) is 5.37. The minimum Gasteiger partial charge on any atom is -0.493 e. The lowest BCUT2D eigenvalue weighted by atomic mass is 9.79. The van der Waals surface area contributed by atoms with E-state index in [1.165, 1.54) is 11.1 Å². The minimum atomic E-state index is -0.210. The predicted octanol–water partition coefficient (Wildman–Crippen LogP) is 3.03. The third kappa shape index (κ3) is 3.20. The summed E-state index contributed by atoms with van der Waals surface area (Å²) in [5.74, 6) is 2.61. The topological polar surface area (TPSA) is 41.9 Å². The number of aliphatic hydroxyl groups excluding tert-OH is 1. The maximum absolute atomic E-state index is 10.6. The van der Waals surface area contributed by atoms with Crippen LogP contribution in [0.2, 0.25) is 0 Å². The molecule has 23 heavy (non-hydrogen) atoms. The number of rotatable bonds is 4. The first-order chi connectivity index (χ1) is 11.0. The molecule has 1 unspecified atom stereocenters. The highest BCUT2D eigenvalue weighted by atomic mass is 16.5. The second-order valence-corrected chi connectivity index (χ2v) is 7.36. The maximum atomic E-state index is 10.6. The Morgan fingerprint density at radius 3 is 2.57 bits per heavy atom. The van der Waals surface area contributed by atoms with E-state index in [-0.39, 0.29) is 6.10 Å². The van der Waals surface area contributed by atoms with Crippen LogP contribution in [0, 0.1) is 11.8 Å². The van der Waals surface area contributed by atoms with Crippen molar-refractivity contribution in [2.45, 2.75) is 45.3 Å². The fraction of sp³-hybridized carbons (Fsp3) is 0.684. The Balaban J connectivity index is 1.87. The molecular formula is C19H29NO3. The largest absolute Gasteiger partial charge is 0.493 e. The summed E-state index contributed by atoms with van der Waals surface area (Å²) in [5, 5.41) is 10.6. The van der Waals surface area contributed by atoms with E-state index in [9.17, 15) is 5.11 Å². The van der Waals surface area contributed by atoms with Crippen molar-refractivity contribution in [1.82, 2.24) is 4.90 Å². The molecular weight excluding hydrogens is 290 g/mol. The van der Waals surface area contributed by atoms with Gasteiger partial charge in [-0.25, -0.2) is 0 Å². The van der Waals surface area contributed by atoms with Crippen molar-refractivity contribution in [3.63, 3.8) is 0 Å². The van der Waals surface area contributed by atoms with Crippen molar-refractivity contribution in [2.24, 2.45) is 11.8 Å². The summed E-state index contributed by atoms with van der Waals surface area (Å²) in [7, 11) is 3.36. The van der Waals surface area contributed by atoms with Gasteiger partial charge in [0.2, 0.25) is 0 Å². The van der Waals surface area contributed by atoms with Gasteiger partial charge >= 0.3 is 0 Å². The van der Waals surface area contributed by atoms with E-state index in [4.69, 9.17) is 9.47 Å². The fourth-order valence-corrected chi connectivity index (χ4v) is 4.26. The number of ether oxygens (including phenoxy) is 2. The predicted molar refractivity (Wildman–Crippen MR) is 91.1 cm³/mol. The highest BCUT2D eigenvalue weighted by Crippen LogP contribution is 2.43. The van der Waals surface area contributed by atoms with E-state index in [1.54, 1.807) is 14.2 Å². The van der Waals surface area contributed by atoms with Crippen LogP contribution in [0.25, 0.3) is 0 Å². The van der Waals surface area contributed by atoms with Crippen LogP contribution in [0.5, 0.6) is 11.5 Å². The van der Waals surface area contributed by atoms with Crippen LogP contribution in [0.1, 0.15) is 43.9 Å². The number of methoxy groups -OCH3 is 2. The van der Waals surface area contributed by atoms with Crippen molar-refractivity contribution in [2.75, 3.05) is 27.3 Å². The summed E-state index contributed by atoms with van der Waals surface area (Å²) in [6, 6.07) is 4.52. The molecule has 1 saturated heterocycles. The third-order valence-electron chi connectivity index (χ3n) is 5.37. The van der Waals surface area contributed by atoms with Crippen molar-refractivity contribution < 1.29 is 14.6 Å². The van der Waals surface area contributed by atoms with Crippen molar-refractivity contribution in [3.8, 4) is 11.5 Å². The van der Waals surface area contributed by atoms with Crippen LogP contribution >= 0.6 is 0 Å². The van der Waals surface area contributed by atoms with Gasteiger partial charge in [-0.2, -0.15) is 0 Å². The molecule has 0 saturated carbocycles. The first-order valence-corrected chi connectivity index (χ1v) is 8.70. The lowest BCUT2D eigenvalue weighted by molar-refractivity contribution is -0.0191. The Bertz CT molecular complexity index is 558. The average molecular weight is 319 g/mol. The van der Waals surface area contributed by atoms with Crippen molar-refractivity contribution in [3.05, 3.63) is 23.3 Å². The highest BCUT2D eigenvalue weighted by Gasteiger charge is 2.38. The zero-order valence-electron chi connectivity index (χ0n) is 14.7. The van der Waals surface area contributed by atoms with Gasteiger partial charge in [0.15, 0.2) is 11.5 Å². The molecule has 0 amide bonds. The van der Waals surface area contributed by atoms with E-state index in [2.05, 4.69) is 30.9 Å². The Morgan fingerprint density at radius 1 is 1.22 bits per heavy atom. The molecule has 128 valence electrons. The van der Waals surface area contributed by atoms with Crippen LogP contribution < -0.4 is 9.47 Å². The van der Waals surface area contributed by atoms with Gasteiger partial charge in [-0.1, -0.05) is 13.8 Å². The van der Waals surface area contributed by atoms with Crippen molar-refractivity contribution >= 4 is 0 Å². The zero-order valence-corrected chi connectivity index (χ0v) is 14.7. The van der Waals surface area contributed by atoms with Gasteiger partial charge in [-0.3, -0.25) is 4.90 Å². The quantitative estimate of drug-likeness (QED) is 0.926. The summed E-state index contributed by atoms with van der Waals surface area (Å²) in [5.41, 5.74) is 2.63. The number of nitrogens with zero attached hydrogens (tertiary/aromatic N) is 1. The van der Waals surface area contributed by atoms with Gasteiger partial charge in [0, 0.05) is 19.1 Å². The Labute approximate surface area is 139 Å². The van der Waals surface area contributed by atoms with Crippen LogP contribution in [0.4, 0.5) is 0 Å². The van der Waals surface area contributed by atoms with Gasteiger partial charge in [0.1, 0.15) is 0 Å². The summed E-state index contributed by atoms with van der Waals surface area (Å²) in [6.07, 6.45) is 2.75. The first kappa shape index (κ1) is 16.6. The van der Waals surface area contributed by atoms with Gasteiger partial charge in [0.05, 0.1) is 20.3 Å². The molecule has 0 bridgehead atoms. The van der Waals surface area contributed by atoms with E-state index in [0.29, 0.717) is 17.9 Å². The van der Waals surface area contributed by atoms with Crippen molar-refractivity contribution in [1.29, 1.82) is 0 Å². The summed E-state index contributed by atoms with van der Waals surface area (Å²) in [4.78, 5) is 2.55. The normalized spacial score (nSPS) is 27.5. The number of benzene rings is 1. The monoisotopic (exact) mass is 319 g/mol. The molecule has 1 aromatic rings. The fourth-order valence-electron chi connectivity index (χ4n) is 4.26. The Hall–Kier alpha value is -1.26. The molecule has 0 aliphatic carbocycles. The standard InChI is InChI=1S/C19H29NO3/c1-12(2)7-14-11-20-6-5-13-8-18(22-3)19(23-4)9-15(13)16(20)10-17(14)21/h8-9,12,14,16-17,21H,5-7,10-11H2,1-4H3/t14-,16?,17-/m1/s1. The molecule has 4 nitrogen and oxygen atoms in total. The minimum absolute atomic E-state index is 0.210. The molecule has 0 spiro atoms. The first-order valence-electron chi connectivity index (χ1n) is 8.70. The molecule has 3 rings (SSSR count). The summed E-state index contributed by atoms with van der Waals surface area (Å²) < 4.78 is 10.9. The lowest BCUT2D eigenvalue weighted by Crippen LogP contribution is -2.48. The number of fused-ring (bicyclic) bond motifs is 3. The number of aliphatic hydroxyl groups is 1. The molecule has 2 aliphatic heterocycles. The number of piperidine rings is 1. The molecule has 0 aromatic heterocycles. The highest BCUT2D eigenvalue weighted by molar-refractivity contribution is 5.49. The molecule has 2 aliphatic rings. The molecule has 1 N–H and O–H groups in total. The molecule has 1 fully saturated rings. The van der Waals surface area contributed by atoms with Gasteiger partial charge in [-0.15, -0.1) is 0 Å². The molecule has 3 atom stereocenters. The summed E-state index contributed by atoms with van der Waals surface area (Å²) >= 11 is 0. The van der Waals surface area contributed by atoms with E-state index in [1.807, 2.05) is 0 Å². The SMILES string of the molecule is COc1cc2c(cc1OC)C1C[C@@H](O)[C@H](CC(C)C)CN1CC2. The lowest BCUT2D eigenvalue weighted by Gasteiger charge is -2.46. The van der Waals surface area contributed by atoms with E-state index >= 15 is 0 Å². The number of hydrogen-bond donors (Lipinski definition) is 1. The number of hydrogen-bond acceptors (Lipinski definition) is 4. The van der Waals surface area contributed by atoms with E-state index in [0.717, 1.165) is 43.9 Å². The molecule has 0 radical (unpaired) electrons. The van der Waals surface area contributed by atoms with Crippen LogP contribution in [-0.2, 0) is 6.42 Å². The van der Waals surface area contributed by atoms with E-state index < -0.39 is 0 Å². The summed E-state index contributed by atoms with van der Waals surface area (Å²) in [6.45, 7) is 6.54. The Kier molecular flexibility index (Phi) is 4.83. The van der Waals surface area contributed by atoms with Crippen LogP contribution in [0.15, 0.2) is 12.1 Å². The second-order valence-electron chi connectivity index (χ2n) is 7.36. The molecule has 1 aromatic carbocycles. The van der Waals surface area contributed by atoms with Gasteiger partial charge < -0.3 is 14.6 Å². The second kappa shape index (κ2) is 6.70. The van der Waals surface area contributed by atoms with Crippen LogP contribution in [-0.4, -0.2) is 43.4 Å². The zero-order chi connectivity index (χ0) is 16.6. The Morgan fingerprint density at radius 2 is 1.91 bits per heavy atom. The van der Waals surface area contributed by atoms with Gasteiger partial charge in [0.25, 0.3) is 0 Å². The smallest absolute Gasteiger partial charge is 0.161 e. The van der Waals surface area contributed by atoms with Gasteiger partial charge in [-0.05, 0) is 54.4 Å². The molecule has 4 heteroatoms. The van der Waals surface area contributed by atoms with Crippen LogP contribution in [0.3, 0.4) is 0 Å². The maximum Gasteiger partial charge on any atom is 0.161 e. The molecule has 2 heterocycles. The average Bonchev–Trinajstić information content (AvgIpc) is 2.53.